The number of nitrogens with one attached hydrogen (secondary N) is 1. The van der Waals surface area contributed by atoms with E-state index in [1.54, 1.807) is 17.1 Å². The summed E-state index contributed by atoms with van der Waals surface area (Å²) in [4.78, 5) is 32.2. The van der Waals surface area contributed by atoms with Crippen molar-refractivity contribution < 1.29 is 18.0 Å². The summed E-state index contributed by atoms with van der Waals surface area (Å²) in [6, 6.07) is 1.79. The molecule has 1 aliphatic heterocycles. The number of hydrogen-bond acceptors (Lipinski definition) is 7. The second-order valence-electron chi connectivity index (χ2n) is 8.79. The van der Waals surface area contributed by atoms with Crippen molar-refractivity contribution in [1.82, 2.24) is 29.7 Å². The van der Waals surface area contributed by atoms with Crippen LogP contribution in [0.15, 0.2) is 43.1 Å². The lowest BCUT2D eigenvalue weighted by molar-refractivity contribution is 0.102. The van der Waals surface area contributed by atoms with Gasteiger partial charge in [0.1, 0.15) is 11.5 Å². The molecular formula is C25H22ClF3N8O. The smallest absolute Gasteiger partial charge is 0.275 e. The van der Waals surface area contributed by atoms with E-state index in [2.05, 4.69) is 35.3 Å². The van der Waals surface area contributed by atoms with Crippen LogP contribution in [0.5, 0.6) is 0 Å². The maximum atomic E-state index is 14.7. The zero-order valence-electron chi connectivity index (χ0n) is 20.4. The highest BCUT2D eigenvalue weighted by Gasteiger charge is 2.23. The molecule has 0 bridgehead atoms. The molecule has 4 aromatic rings. The van der Waals surface area contributed by atoms with E-state index >= 15 is 0 Å². The van der Waals surface area contributed by atoms with Gasteiger partial charge in [-0.25, -0.2) is 23.1 Å². The second kappa shape index (κ2) is 10.4. The Morgan fingerprint density at radius 2 is 1.92 bits per heavy atom. The number of benzene rings is 1. The van der Waals surface area contributed by atoms with E-state index in [9.17, 15) is 18.0 Å². The molecule has 1 aliphatic rings. The monoisotopic (exact) mass is 542 g/mol. The van der Waals surface area contributed by atoms with Crippen molar-refractivity contribution in [2.24, 2.45) is 0 Å². The molecule has 0 radical (unpaired) electrons. The van der Waals surface area contributed by atoms with Gasteiger partial charge in [-0.3, -0.25) is 19.4 Å². The number of aryl methyl sites for hydroxylation is 1. The number of rotatable bonds is 7. The Bertz CT molecular complexity index is 1510. The van der Waals surface area contributed by atoms with E-state index in [-0.39, 0.29) is 22.5 Å². The molecule has 1 atom stereocenters. The molecule has 1 amide bonds. The van der Waals surface area contributed by atoms with E-state index in [1.807, 2.05) is 13.8 Å². The van der Waals surface area contributed by atoms with Gasteiger partial charge in [0.15, 0.2) is 5.82 Å². The summed E-state index contributed by atoms with van der Waals surface area (Å²) in [6.07, 6.45) is 5.22. The van der Waals surface area contributed by atoms with Crippen molar-refractivity contribution in [1.29, 1.82) is 0 Å². The minimum absolute atomic E-state index is 0.203. The fourth-order valence-corrected chi connectivity index (χ4v) is 4.28. The van der Waals surface area contributed by atoms with Gasteiger partial charge >= 0.3 is 0 Å². The molecule has 0 spiro atoms. The molecule has 0 aliphatic carbocycles. The molecule has 0 saturated carbocycles. The lowest BCUT2D eigenvalue weighted by Crippen LogP contribution is -2.37. The molecule has 1 aromatic carbocycles. The Hall–Kier alpha value is -4.06. The Labute approximate surface area is 220 Å². The highest BCUT2D eigenvalue weighted by molar-refractivity contribution is 6.31. The first-order valence-electron chi connectivity index (χ1n) is 11.8. The highest BCUT2D eigenvalue weighted by atomic mass is 35.5. The van der Waals surface area contributed by atoms with Crippen LogP contribution in [-0.4, -0.2) is 48.7 Å². The van der Waals surface area contributed by atoms with Gasteiger partial charge in [-0.05, 0) is 26.3 Å². The summed E-state index contributed by atoms with van der Waals surface area (Å²) in [6.45, 7) is 5.75. The molecule has 13 heteroatoms. The number of carbonyl (C=O) groups is 1. The molecule has 196 valence electrons. The molecule has 9 nitrogen and oxygen atoms in total. The van der Waals surface area contributed by atoms with Gasteiger partial charge < -0.3 is 10.2 Å². The van der Waals surface area contributed by atoms with Crippen molar-refractivity contribution in [2.75, 3.05) is 23.3 Å². The van der Waals surface area contributed by atoms with Crippen LogP contribution in [0.3, 0.4) is 0 Å². The quantitative estimate of drug-likeness (QED) is 0.341. The van der Waals surface area contributed by atoms with Crippen molar-refractivity contribution in [2.45, 2.75) is 32.7 Å². The van der Waals surface area contributed by atoms with E-state index in [0.717, 1.165) is 61.2 Å². The topological polar surface area (TPSA) is 102 Å². The predicted octanol–water partition coefficient (Wildman–Crippen LogP) is 5.24. The number of amides is 1. The molecule has 0 unspecified atom stereocenters. The summed E-state index contributed by atoms with van der Waals surface area (Å²) >= 11 is 5.80. The van der Waals surface area contributed by atoms with Crippen LogP contribution in [0, 0.1) is 12.7 Å². The third-order valence-electron chi connectivity index (χ3n) is 6.29. The van der Waals surface area contributed by atoms with Crippen LogP contribution in [0.25, 0.3) is 11.3 Å². The van der Waals surface area contributed by atoms with Crippen molar-refractivity contribution in [3.05, 3.63) is 76.6 Å². The van der Waals surface area contributed by atoms with Gasteiger partial charge in [0, 0.05) is 30.4 Å². The lowest BCUT2D eigenvalue weighted by Gasteiger charge is -2.32. The standard InChI is InChI=1S/C25H22ClF3N8O/c1-13-23(31-11-20(33-13)36-6-3-7-36)14(2)37-12-15(8-32-37)34-25(38)19-10-30-9-18(35-19)21-16(24(28)29)4-5-17(26)22(21)27/h4-5,8-12,14,24H,3,6-7H2,1-2H3,(H,34,38)/t14-/m1/s1. The average Bonchev–Trinajstić information content (AvgIpc) is 3.32. The van der Waals surface area contributed by atoms with Gasteiger partial charge in [0.2, 0.25) is 0 Å². The van der Waals surface area contributed by atoms with E-state index in [1.165, 1.54) is 6.20 Å². The summed E-state index contributed by atoms with van der Waals surface area (Å²) in [5.74, 6) is -0.898. The molecule has 3 aromatic heterocycles. The van der Waals surface area contributed by atoms with Gasteiger partial charge in [-0.2, -0.15) is 5.10 Å². The Morgan fingerprint density at radius 1 is 1.13 bits per heavy atom. The van der Waals surface area contributed by atoms with Crippen LogP contribution >= 0.6 is 11.6 Å². The lowest BCUT2D eigenvalue weighted by atomic mass is 10.0. The number of alkyl halides is 2. The van der Waals surface area contributed by atoms with E-state index in [0.29, 0.717) is 5.69 Å². The number of hydrogen-bond donors (Lipinski definition) is 1. The number of nitrogens with zero attached hydrogens (tertiary/aromatic N) is 7. The molecule has 1 saturated heterocycles. The third-order valence-corrected chi connectivity index (χ3v) is 6.58. The molecule has 5 rings (SSSR count). The van der Waals surface area contributed by atoms with Gasteiger partial charge in [0.05, 0.1) is 58.6 Å². The summed E-state index contributed by atoms with van der Waals surface area (Å²) < 4.78 is 43.3. The molecule has 1 N–H and O–H groups in total. The van der Waals surface area contributed by atoms with E-state index in [4.69, 9.17) is 11.6 Å². The average molecular weight is 543 g/mol. The normalized spacial score (nSPS) is 13.9. The second-order valence-corrected chi connectivity index (χ2v) is 9.20. The first kappa shape index (κ1) is 25.6. The number of halogens is 4. The van der Waals surface area contributed by atoms with Crippen molar-refractivity contribution in [3.8, 4) is 11.3 Å². The Morgan fingerprint density at radius 3 is 2.61 bits per heavy atom. The molecule has 38 heavy (non-hydrogen) atoms. The highest BCUT2D eigenvalue weighted by Crippen LogP contribution is 2.35. The van der Waals surface area contributed by atoms with Gasteiger partial charge in [-0.15, -0.1) is 0 Å². The Kier molecular flexibility index (Phi) is 6.98. The third kappa shape index (κ3) is 4.91. The van der Waals surface area contributed by atoms with Crippen LogP contribution < -0.4 is 10.2 Å². The minimum Gasteiger partial charge on any atom is -0.355 e. The molecule has 4 heterocycles. The van der Waals surface area contributed by atoms with Crippen LogP contribution in [0.2, 0.25) is 5.02 Å². The fraction of sp³-hybridized carbons (Fsp3) is 0.280. The summed E-state index contributed by atoms with van der Waals surface area (Å²) in [5, 5.41) is 6.62. The SMILES string of the molecule is Cc1nc(N2CCC2)cnc1[C@@H](C)n1cc(NC(=O)c2cncc(-c3c(C(F)F)ccc(Cl)c3F)n2)cn1. The first-order chi connectivity index (χ1) is 18.2. The number of aromatic nitrogens is 6. The van der Waals surface area contributed by atoms with Crippen molar-refractivity contribution in [3.63, 3.8) is 0 Å². The zero-order valence-corrected chi connectivity index (χ0v) is 21.1. The Balaban J connectivity index is 1.34. The van der Waals surface area contributed by atoms with E-state index < -0.39 is 29.3 Å². The summed E-state index contributed by atoms with van der Waals surface area (Å²) in [7, 11) is 0. The fourth-order valence-electron chi connectivity index (χ4n) is 4.12. The largest absolute Gasteiger partial charge is 0.355 e. The molecule has 1 fully saturated rings. The number of carbonyl (C=O) groups excluding carboxylic acids is 1. The summed E-state index contributed by atoms with van der Waals surface area (Å²) in [5.41, 5.74) is 0.329. The maximum absolute atomic E-state index is 14.7. The molecular weight excluding hydrogens is 521 g/mol. The minimum atomic E-state index is -2.98. The van der Waals surface area contributed by atoms with Crippen molar-refractivity contribution >= 4 is 29.0 Å². The zero-order chi connectivity index (χ0) is 27.0. The first-order valence-corrected chi connectivity index (χ1v) is 12.1. The van der Waals surface area contributed by atoms with Gasteiger partial charge in [0.25, 0.3) is 12.3 Å². The van der Waals surface area contributed by atoms with Crippen LogP contribution in [0.1, 0.15) is 53.3 Å². The number of anilines is 2. The maximum Gasteiger partial charge on any atom is 0.275 e. The van der Waals surface area contributed by atoms with Crippen LogP contribution in [0.4, 0.5) is 24.7 Å². The predicted molar refractivity (Wildman–Crippen MR) is 135 cm³/mol. The van der Waals surface area contributed by atoms with Gasteiger partial charge in [-0.1, -0.05) is 17.7 Å². The van der Waals surface area contributed by atoms with Crippen LogP contribution in [-0.2, 0) is 0 Å².